The number of benzene rings is 1. The molecule has 8 heteroatoms. The number of carbonyl (C=O) groups excluding carboxylic acids is 1. The molecule has 1 aromatic carbocycles. The van der Waals surface area contributed by atoms with Gasteiger partial charge in [-0.2, -0.15) is 0 Å². The lowest BCUT2D eigenvalue weighted by Crippen LogP contribution is -2.49. The van der Waals surface area contributed by atoms with Crippen molar-refractivity contribution < 1.29 is 22.7 Å². The number of cyclic esters (lactones) is 1. The average Bonchev–Trinajstić information content (AvgIpc) is 2.23. The Morgan fingerprint density at radius 1 is 1.44 bits per heavy atom. The van der Waals surface area contributed by atoms with E-state index in [0.29, 0.717) is 0 Å². The second-order valence-corrected chi connectivity index (χ2v) is 4.02. The Bertz CT molecular complexity index is 470. The molecule has 3 nitrogen and oxygen atoms in total. The molecular formula is C10H8Cl2F3NO2. The van der Waals surface area contributed by atoms with E-state index in [0.717, 1.165) is 12.1 Å². The van der Waals surface area contributed by atoms with Crippen molar-refractivity contribution in [3.8, 4) is 0 Å². The molecule has 100 valence electrons. The SMILES string of the molecule is Cl.O=C1N[C@H](c2ccc(Cl)cc2F)C(F)(F)CO1. The molecule has 0 saturated carbocycles. The molecule has 1 aliphatic heterocycles. The van der Waals surface area contributed by atoms with Crippen LogP contribution in [0, 0.1) is 5.82 Å². The maximum absolute atomic E-state index is 13.5. The molecule has 18 heavy (non-hydrogen) atoms. The fourth-order valence-corrected chi connectivity index (χ4v) is 1.71. The molecule has 1 atom stereocenters. The van der Waals surface area contributed by atoms with Gasteiger partial charge in [-0.1, -0.05) is 17.7 Å². The predicted molar refractivity (Wildman–Crippen MR) is 60.8 cm³/mol. The highest BCUT2D eigenvalue weighted by molar-refractivity contribution is 6.30. The molecule has 0 unspecified atom stereocenters. The van der Waals surface area contributed by atoms with Gasteiger partial charge in [0.05, 0.1) is 0 Å². The summed E-state index contributed by atoms with van der Waals surface area (Å²) in [7, 11) is 0. The van der Waals surface area contributed by atoms with Crippen LogP contribution in [-0.2, 0) is 4.74 Å². The van der Waals surface area contributed by atoms with Crippen molar-refractivity contribution in [3.05, 3.63) is 34.6 Å². The van der Waals surface area contributed by atoms with Gasteiger partial charge in [0.2, 0.25) is 0 Å². The van der Waals surface area contributed by atoms with E-state index < -0.39 is 30.5 Å². The van der Waals surface area contributed by atoms with Crippen LogP contribution in [0.3, 0.4) is 0 Å². The van der Waals surface area contributed by atoms with Gasteiger partial charge >= 0.3 is 12.0 Å². The van der Waals surface area contributed by atoms with Crippen LogP contribution in [0.4, 0.5) is 18.0 Å². The predicted octanol–water partition coefficient (Wildman–Crippen LogP) is 3.32. The Hall–Kier alpha value is -1.14. The van der Waals surface area contributed by atoms with Crippen LogP contribution in [0.25, 0.3) is 0 Å². The third-order valence-corrected chi connectivity index (χ3v) is 2.59. The van der Waals surface area contributed by atoms with E-state index in [9.17, 15) is 18.0 Å². The third kappa shape index (κ3) is 2.81. The van der Waals surface area contributed by atoms with E-state index in [1.807, 2.05) is 5.32 Å². The molecular weight excluding hydrogens is 294 g/mol. The van der Waals surface area contributed by atoms with Crippen molar-refractivity contribution in [1.82, 2.24) is 5.32 Å². The van der Waals surface area contributed by atoms with Crippen LogP contribution in [-0.4, -0.2) is 18.6 Å². The van der Waals surface area contributed by atoms with Gasteiger partial charge < -0.3 is 10.1 Å². The highest BCUT2D eigenvalue weighted by Gasteiger charge is 2.47. The summed E-state index contributed by atoms with van der Waals surface area (Å²) in [5.41, 5.74) is -0.323. The zero-order valence-corrected chi connectivity index (χ0v) is 10.3. The Morgan fingerprint density at radius 3 is 2.72 bits per heavy atom. The molecule has 1 amide bonds. The van der Waals surface area contributed by atoms with Crippen molar-refractivity contribution in [3.63, 3.8) is 0 Å². The molecule has 1 saturated heterocycles. The first-order chi connectivity index (χ1) is 7.90. The van der Waals surface area contributed by atoms with Gasteiger partial charge in [0.15, 0.2) is 6.61 Å². The lowest BCUT2D eigenvalue weighted by atomic mass is 9.99. The van der Waals surface area contributed by atoms with Crippen molar-refractivity contribution in [2.45, 2.75) is 12.0 Å². The monoisotopic (exact) mass is 301 g/mol. The summed E-state index contributed by atoms with van der Waals surface area (Å²) >= 11 is 5.52. The molecule has 2 rings (SSSR count). The number of amides is 1. The van der Waals surface area contributed by atoms with Crippen LogP contribution >= 0.6 is 24.0 Å². The van der Waals surface area contributed by atoms with Gasteiger partial charge in [-0.3, -0.25) is 0 Å². The summed E-state index contributed by atoms with van der Waals surface area (Å²) in [6.45, 7) is -1.08. The minimum Gasteiger partial charge on any atom is -0.443 e. The Kier molecular flexibility index (Phi) is 4.34. The summed E-state index contributed by atoms with van der Waals surface area (Å²) in [5, 5.41) is 1.98. The maximum Gasteiger partial charge on any atom is 0.408 e. The van der Waals surface area contributed by atoms with Crippen molar-refractivity contribution in [1.29, 1.82) is 0 Å². The number of carbonyl (C=O) groups is 1. The van der Waals surface area contributed by atoms with Gasteiger partial charge in [-0.05, 0) is 12.1 Å². The molecule has 1 N–H and O–H groups in total. The number of alkyl halides is 2. The topological polar surface area (TPSA) is 38.3 Å². The van der Waals surface area contributed by atoms with Gasteiger partial charge in [-0.15, -0.1) is 12.4 Å². The smallest absolute Gasteiger partial charge is 0.408 e. The van der Waals surface area contributed by atoms with Crippen LogP contribution in [0.5, 0.6) is 0 Å². The molecule has 0 spiro atoms. The van der Waals surface area contributed by atoms with Gasteiger partial charge in [0.1, 0.15) is 11.9 Å². The highest BCUT2D eigenvalue weighted by Crippen LogP contribution is 2.36. The number of ether oxygens (including phenoxy) is 1. The van der Waals surface area contributed by atoms with Gasteiger partial charge in [0.25, 0.3) is 0 Å². The summed E-state index contributed by atoms with van der Waals surface area (Å²) in [4.78, 5) is 10.9. The van der Waals surface area contributed by atoms with Gasteiger partial charge in [0, 0.05) is 10.6 Å². The van der Waals surface area contributed by atoms with E-state index in [1.54, 1.807) is 0 Å². The number of hydrogen-bond acceptors (Lipinski definition) is 2. The maximum atomic E-state index is 13.5. The van der Waals surface area contributed by atoms with Crippen LogP contribution in [0.15, 0.2) is 18.2 Å². The Morgan fingerprint density at radius 2 is 2.11 bits per heavy atom. The van der Waals surface area contributed by atoms with E-state index in [1.165, 1.54) is 6.07 Å². The molecule has 0 radical (unpaired) electrons. The molecule has 1 aliphatic rings. The number of hydrogen-bond donors (Lipinski definition) is 1. The zero-order valence-electron chi connectivity index (χ0n) is 8.75. The van der Waals surface area contributed by atoms with Crippen molar-refractivity contribution in [2.24, 2.45) is 0 Å². The zero-order chi connectivity index (χ0) is 12.6. The second-order valence-electron chi connectivity index (χ2n) is 3.58. The summed E-state index contributed by atoms with van der Waals surface area (Å²) in [5.74, 6) is -4.27. The fraction of sp³-hybridized carbons (Fsp3) is 0.300. The lowest BCUT2D eigenvalue weighted by Gasteiger charge is -2.31. The Labute approximate surface area is 112 Å². The Balaban J connectivity index is 0.00000162. The number of nitrogens with one attached hydrogen (secondary N) is 1. The molecule has 0 aliphatic carbocycles. The first-order valence-corrected chi connectivity index (χ1v) is 5.04. The normalized spacial score (nSPS) is 21.6. The second kappa shape index (κ2) is 5.24. The van der Waals surface area contributed by atoms with Crippen molar-refractivity contribution in [2.75, 3.05) is 6.61 Å². The molecule has 0 bridgehead atoms. The summed E-state index contributed by atoms with van der Waals surface area (Å²) < 4.78 is 44.6. The highest BCUT2D eigenvalue weighted by atomic mass is 35.5. The minimum atomic E-state index is -3.37. The van der Waals surface area contributed by atoms with E-state index >= 15 is 0 Å². The quantitative estimate of drug-likeness (QED) is 0.864. The number of alkyl carbamates (subject to hydrolysis) is 1. The van der Waals surface area contributed by atoms with Crippen LogP contribution < -0.4 is 5.32 Å². The first-order valence-electron chi connectivity index (χ1n) is 4.66. The van der Waals surface area contributed by atoms with Crippen molar-refractivity contribution >= 4 is 30.1 Å². The molecule has 1 aromatic rings. The average molecular weight is 302 g/mol. The number of halogens is 5. The lowest BCUT2D eigenvalue weighted by molar-refractivity contribution is -0.105. The number of rotatable bonds is 1. The van der Waals surface area contributed by atoms with E-state index in [4.69, 9.17) is 11.6 Å². The van der Waals surface area contributed by atoms with E-state index in [-0.39, 0.29) is 23.0 Å². The van der Waals surface area contributed by atoms with Crippen LogP contribution in [0.2, 0.25) is 5.02 Å². The molecule has 1 fully saturated rings. The van der Waals surface area contributed by atoms with Crippen LogP contribution in [0.1, 0.15) is 11.6 Å². The third-order valence-electron chi connectivity index (χ3n) is 2.35. The standard InChI is InChI=1S/C10H7ClF3NO2.ClH/c11-5-1-2-6(7(12)3-5)8-10(13,14)4-17-9(16)15-8;/h1-3,8H,4H2,(H,15,16);1H/t8-;/m1./s1. The summed E-state index contributed by atoms with van der Waals surface area (Å²) in [6, 6.07) is 1.55. The van der Waals surface area contributed by atoms with E-state index in [2.05, 4.69) is 4.74 Å². The largest absolute Gasteiger partial charge is 0.443 e. The molecule has 1 heterocycles. The first kappa shape index (κ1) is 14.9. The fourth-order valence-electron chi connectivity index (χ4n) is 1.55. The summed E-state index contributed by atoms with van der Waals surface area (Å²) in [6.07, 6.45) is -1.00. The molecule has 0 aromatic heterocycles. The van der Waals surface area contributed by atoms with Gasteiger partial charge in [-0.25, -0.2) is 18.0 Å². The minimum absolute atomic E-state index is 0.